The summed E-state index contributed by atoms with van der Waals surface area (Å²) in [4.78, 5) is 27.5. The monoisotopic (exact) mass is 408 g/mol. The van der Waals surface area contributed by atoms with Crippen LogP contribution in [0.1, 0.15) is 24.8 Å². The van der Waals surface area contributed by atoms with E-state index in [0.717, 1.165) is 65.5 Å². The van der Waals surface area contributed by atoms with Crippen LogP contribution in [-0.2, 0) is 4.79 Å². The number of nitrogens with zero attached hydrogens (tertiary/aromatic N) is 3. The van der Waals surface area contributed by atoms with Gasteiger partial charge in [-0.2, -0.15) is 0 Å². The van der Waals surface area contributed by atoms with Crippen molar-refractivity contribution in [2.75, 3.05) is 30.3 Å². The predicted molar refractivity (Wildman–Crippen MR) is 112 cm³/mol. The van der Waals surface area contributed by atoms with E-state index in [2.05, 4.69) is 30.5 Å². The van der Waals surface area contributed by atoms with Crippen LogP contribution < -0.4 is 15.5 Å². The van der Waals surface area contributed by atoms with Crippen LogP contribution in [0.4, 0.5) is 5.82 Å². The van der Waals surface area contributed by atoms with Gasteiger partial charge in [-0.25, -0.2) is 9.97 Å². The third kappa shape index (κ3) is 4.39. The number of H-pyrrole nitrogens is 1. The zero-order chi connectivity index (χ0) is 17.9. The second kappa shape index (κ2) is 8.95. The fourth-order valence-corrected chi connectivity index (χ4v) is 4.40. The molecule has 1 atom stereocenters. The number of carbonyl (C=O) groups is 1. The molecule has 2 aromatic rings. The minimum absolute atomic E-state index is 0. The van der Waals surface area contributed by atoms with Gasteiger partial charge in [0.25, 0.3) is 5.91 Å². The van der Waals surface area contributed by atoms with Crippen molar-refractivity contribution in [3.63, 3.8) is 0 Å². The molecule has 2 aliphatic heterocycles. The van der Waals surface area contributed by atoms with Crippen LogP contribution in [0.2, 0.25) is 0 Å². The van der Waals surface area contributed by atoms with Gasteiger partial charge in [0.15, 0.2) is 0 Å². The molecular weight excluding hydrogens is 384 g/mol. The van der Waals surface area contributed by atoms with Gasteiger partial charge in [0.2, 0.25) is 0 Å². The van der Waals surface area contributed by atoms with Crippen molar-refractivity contribution in [3.8, 4) is 0 Å². The first-order chi connectivity index (χ1) is 12.7. The van der Waals surface area contributed by atoms with Gasteiger partial charge in [-0.1, -0.05) is 6.42 Å². The lowest BCUT2D eigenvalue weighted by molar-refractivity contribution is -0.117. The van der Waals surface area contributed by atoms with Crippen LogP contribution in [0.15, 0.2) is 23.6 Å². The third-order valence-electron chi connectivity index (χ3n) is 4.89. The van der Waals surface area contributed by atoms with Gasteiger partial charge in [0, 0.05) is 37.3 Å². The van der Waals surface area contributed by atoms with E-state index in [1.807, 2.05) is 19.3 Å². The smallest absolute Gasteiger partial charge is 0.259 e. The van der Waals surface area contributed by atoms with Gasteiger partial charge in [0.05, 0.1) is 10.3 Å². The number of aromatic nitrogens is 3. The number of aromatic amines is 1. The van der Waals surface area contributed by atoms with E-state index in [0.29, 0.717) is 0 Å². The molecule has 3 N–H and O–H groups in total. The maximum atomic E-state index is 12.7. The Hall–Kier alpha value is -1.77. The minimum Gasteiger partial charge on any atom is -0.348 e. The lowest BCUT2D eigenvalue weighted by Crippen LogP contribution is -2.42. The highest BCUT2D eigenvalue weighted by Gasteiger charge is 2.23. The first-order valence-corrected chi connectivity index (χ1v) is 10.1. The quantitative estimate of drug-likeness (QED) is 0.722. The van der Waals surface area contributed by atoms with Crippen LogP contribution in [0.25, 0.3) is 11.0 Å². The highest BCUT2D eigenvalue weighted by Crippen LogP contribution is 2.30. The Labute approximate surface area is 169 Å². The lowest BCUT2D eigenvalue weighted by Gasteiger charge is -2.26. The predicted octanol–water partition coefficient (Wildman–Crippen LogP) is 2.34. The number of amides is 1. The number of rotatable bonds is 3. The normalized spacial score (nSPS) is 20.6. The molecule has 7 nitrogen and oxygen atoms in total. The fraction of sp³-hybridized carbons (Fsp3) is 0.500. The van der Waals surface area contributed by atoms with Gasteiger partial charge >= 0.3 is 0 Å². The average Bonchev–Trinajstić information content (AvgIpc) is 2.88. The molecule has 0 aromatic carbocycles. The maximum Gasteiger partial charge on any atom is 0.259 e. The Morgan fingerprint density at radius 2 is 2.26 bits per heavy atom. The number of anilines is 1. The topological polar surface area (TPSA) is 85.9 Å². The number of halogens is 1. The number of hydrogen-bond donors (Lipinski definition) is 3. The second-order valence-electron chi connectivity index (χ2n) is 6.80. The van der Waals surface area contributed by atoms with E-state index in [4.69, 9.17) is 0 Å². The molecule has 1 amide bonds. The van der Waals surface area contributed by atoms with Crippen molar-refractivity contribution in [1.82, 2.24) is 25.6 Å². The summed E-state index contributed by atoms with van der Waals surface area (Å²) in [5.41, 5.74) is 1.94. The first-order valence-electron chi connectivity index (χ1n) is 9.14. The van der Waals surface area contributed by atoms with Crippen LogP contribution in [0.5, 0.6) is 0 Å². The van der Waals surface area contributed by atoms with Gasteiger partial charge in [-0.05, 0) is 31.9 Å². The Balaban J connectivity index is 0.00000210. The summed E-state index contributed by atoms with van der Waals surface area (Å²) in [5.74, 6) is 1.73. The van der Waals surface area contributed by atoms with Gasteiger partial charge in [0.1, 0.15) is 17.8 Å². The molecule has 4 rings (SSSR count). The summed E-state index contributed by atoms with van der Waals surface area (Å²) in [6, 6.07) is 0.208. The van der Waals surface area contributed by atoms with E-state index < -0.39 is 0 Å². The molecule has 0 unspecified atom stereocenters. The van der Waals surface area contributed by atoms with Crippen molar-refractivity contribution < 1.29 is 4.79 Å². The number of fused-ring (bicyclic) bond motifs is 1. The zero-order valence-electron chi connectivity index (χ0n) is 15.3. The molecule has 146 valence electrons. The minimum atomic E-state index is 0. The number of carbonyl (C=O) groups excluding carboxylic acids is 1. The van der Waals surface area contributed by atoms with Gasteiger partial charge in [-0.3, -0.25) is 4.79 Å². The summed E-state index contributed by atoms with van der Waals surface area (Å²) in [5, 5.41) is 7.60. The molecule has 2 aliphatic rings. The van der Waals surface area contributed by atoms with Gasteiger partial charge in [-0.15, -0.1) is 24.2 Å². The Bertz CT molecular complexity index is 830. The molecule has 1 saturated heterocycles. The third-order valence-corrected chi connectivity index (χ3v) is 5.88. The molecule has 0 radical (unpaired) electrons. The Morgan fingerprint density at radius 3 is 3.15 bits per heavy atom. The summed E-state index contributed by atoms with van der Waals surface area (Å²) < 4.78 is 0. The van der Waals surface area contributed by atoms with E-state index in [-0.39, 0.29) is 24.4 Å². The number of hydrogen-bond acceptors (Lipinski definition) is 6. The van der Waals surface area contributed by atoms with Crippen molar-refractivity contribution in [2.45, 2.75) is 32.2 Å². The summed E-state index contributed by atoms with van der Waals surface area (Å²) >= 11 is 1.61. The summed E-state index contributed by atoms with van der Waals surface area (Å²) in [6.07, 6.45) is 8.81. The molecule has 1 fully saturated rings. The maximum absolute atomic E-state index is 12.7. The van der Waals surface area contributed by atoms with Crippen LogP contribution in [-0.4, -0.2) is 52.3 Å². The number of thioether (sulfide) groups is 1. The van der Waals surface area contributed by atoms with Crippen molar-refractivity contribution in [1.29, 1.82) is 0 Å². The largest absolute Gasteiger partial charge is 0.348 e. The van der Waals surface area contributed by atoms with Crippen molar-refractivity contribution in [2.24, 2.45) is 0 Å². The average molecular weight is 409 g/mol. The molecule has 0 bridgehead atoms. The first kappa shape index (κ1) is 20.0. The second-order valence-corrected chi connectivity index (χ2v) is 7.93. The van der Waals surface area contributed by atoms with Crippen LogP contribution in [0, 0.1) is 6.92 Å². The molecule has 9 heteroatoms. The van der Waals surface area contributed by atoms with Gasteiger partial charge < -0.3 is 20.5 Å². The Morgan fingerprint density at radius 1 is 1.37 bits per heavy atom. The highest BCUT2D eigenvalue weighted by molar-refractivity contribution is 8.04. The zero-order valence-corrected chi connectivity index (χ0v) is 17.0. The molecule has 0 aliphatic carbocycles. The standard InChI is InChI=1S/C18H24N6OS.ClH/c1-12-8-20-16-15(12)17(22-11-21-16)24-6-7-26-14(10-24)18(25)23-13-4-2-3-5-19-9-13;/h8,10-11,13,19H,2-7,9H2,1H3,(H,23,25)(H,20,21,22);1H/t13-;/m1./s1. The molecular formula is C18H25ClN6OS. The fourth-order valence-electron chi connectivity index (χ4n) is 3.50. The lowest BCUT2D eigenvalue weighted by atomic mass is 10.1. The molecule has 0 spiro atoms. The van der Waals surface area contributed by atoms with Crippen molar-refractivity contribution >= 4 is 46.9 Å². The summed E-state index contributed by atoms with van der Waals surface area (Å²) in [7, 11) is 0. The summed E-state index contributed by atoms with van der Waals surface area (Å²) in [6.45, 7) is 4.75. The molecule has 27 heavy (non-hydrogen) atoms. The van der Waals surface area contributed by atoms with E-state index in [1.54, 1.807) is 18.1 Å². The van der Waals surface area contributed by atoms with E-state index >= 15 is 0 Å². The van der Waals surface area contributed by atoms with E-state index in [9.17, 15) is 4.79 Å². The Kier molecular flexibility index (Phi) is 6.62. The van der Waals surface area contributed by atoms with E-state index in [1.165, 1.54) is 6.42 Å². The van der Waals surface area contributed by atoms with Crippen molar-refractivity contribution in [3.05, 3.63) is 29.2 Å². The number of aryl methyl sites for hydroxylation is 1. The van der Waals surface area contributed by atoms with Crippen LogP contribution in [0.3, 0.4) is 0 Å². The molecule has 4 heterocycles. The number of nitrogens with one attached hydrogen (secondary N) is 3. The highest BCUT2D eigenvalue weighted by atomic mass is 35.5. The van der Waals surface area contributed by atoms with Crippen LogP contribution >= 0.6 is 24.2 Å². The molecule has 0 saturated carbocycles. The SMILES string of the molecule is Cc1c[nH]c2ncnc(N3C=C(C(=O)N[C@@H]4CCCCNC4)SCC3)c12.Cl. The molecule has 2 aromatic heterocycles.